The summed E-state index contributed by atoms with van der Waals surface area (Å²) in [6.07, 6.45) is 0. The summed E-state index contributed by atoms with van der Waals surface area (Å²) in [4.78, 5) is 2.35. The smallest absolute Gasteiger partial charge is 0.136 e. The lowest BCUT2D eigenvalue weighted by molar-refractivity contribution is 0.669. The molecular weight excluding hydrogens is 751 g/mol. The van der Waals surface area contributed by atoms with Crippen LogP contribution in [0.2, 0.25) is 0 Å². The highest BCUT2D eigenvalue weighted by Crippen LogP contribution is 2.41. The van der Waals surface area contributed by atoms with Crippen LogP contribution < -0.4 is 4.90 Å². The summed E-state index contributed by atoms with van der Waals surface area (Å²) in [6, 6.07) is 85.5. The molecule has 0 spiro atoms. The van der Waals surface area contributed by atoms with Gasteiger partial charge in [0.25, 0.3) is 0 Å². The van der Waals surface area contributed by atoms with Crippen molar-refractivity contribution in [1.82, 2.24) is 0 Å². The van der Waals surface area contributed by atoms with E-state index in [4.69, 9.17) is 4.42 Å². The van der Waals surface area contributed by atoms with Crippen molar-refractivity contribution in [2.24, 2.45) is 0 Å². The summed E-state index contributed by atoms with van der Waals surface area (Å²) >= 11 is 0. The lowest BCUT2D eigenvalue weighted by Gasteiger charge is -2.26. The van der Waals surface area contributed by atoms with Crippen LogP contribution in [0.4, 0.5) is 17.1 Å². The normalized spacial score (nSPS) is 11.5. The molecule has 0 saturated heterocycles. The van der Waals surface area contributed by atoms with Gasteiger partial charge in [-0.1, -0.05) is 176 Å². The third-order valence-electron chi connectivity index (χ3n) is 12.5. The molecule has 2 nitrogen and oxygen atoms in total. The Morgan fingerprint density at radius 2 is 0.742 bits per heavy atom. The van der Waals surface area contributed by atoms with Crippen molar-refractivity contribution in [1.29, 1.82) is 0 Å². The third-order valence-corrected chi connectivity index (χ3v) is 12.5. The zero-order valence-electron chi connectivity index (χ0n) is 33.9. The molecule has 0 N–H and O–H groups in total. The van der Waals surface area contributed by atoms with Crippen LogP contribution in [-0.2, 0) is 0 Å². The van der Waals surface area contributed by atoms with Crippen molar-refractivity contribution in [2.75, 3.05) is 4.90 Å². The number of para-hydroxylation sites is 1. The fourth-order valence-electron chi connectivity index (χ4n) is 9.39. The Bertz CT molecular complexity index is 3610. The van der Waals surface area contributed by atoms with Crippen molar-refractivity contribution >= 4 is 71.3 Å². The van der Waals surface area contributed by atoms with E-state index in [-0.39, 0.29) is 0 Å². The fourth-order valence-corrected chi connectivity index (χ4v) is 9.39. The first kappa shape index (κ1) is 35.7. The number of benzene rings is 11. The average molecular weight is 790 g/mol. The molecule has 0 saturated carbocycles. The van der Waals surface area contributed by atoms with E-state index in [2.05, 4.69) is 229 Å². The Labute approximate surface area is 360 Å². The molecule has 11 aromatic carbocycles. The summed E-state index contributed by atoms with van der Waals surface area (Å²) in [6.45, 7) is 0. The van der Waals surface area contributed by atoms with Crippen LogP contribution in [-0.4, -0.2) is 0 Å². The number of nitrogens with zero attached hydrogens (tertiary/aromatic N) is 1. The maximum Gasteiger partial charge on any atom is 0.136 e. The van der Waals surface area contributed by atoms with Gasteiger partial charge >= 0.3 is 0 Å². The summed E-state index contributed by atoms with van der Waals surface area (Å²) < 4.78 is 6.25. The highest BCUT2D eigenvalue weighted by molar-refractivity contribution is 6.12. The Morgan fingerprint density at radius 3 is 1.48 bits per heavy atom. The number of hydrogen-bond acceptors (Lipinski definition) is 2. The molecule has 0 atom stereocenters. The van der Waals surface area contributed by atoms with Crippen LogP contribution in [0, 0.1) is 0 Å². The third kappa shape index (κ3) is 6.20. The minimum absolute atomic E-state index is 0.900. The first-order valence-corrected chi connectivity index (χ1v) is 21.2. The number of anilines is 3. The van der Waals surface area contributed by atoms with E-state index in [1.54, 1.807) is 0 Å². The van der Waals surface area contributed by atoms with Crippen molar-refractivity contribution in [3.8, 4) is 44.5 Å². The first-order valence-electron chi connectivity index (χ1n) is 21.2. The van der Waals surface area contributed by atoms with E-state index in [9.17, 15) is 0 Å². The van der Waals surface area contributed by atoms with Gasteiger partial charge in [0, 0.05) is 27.8 Å². The summed E-state index contributed by atoms with van der Waals surface area (Å²) in [5.41, 5.74) is 14.6. The summed E-state index contributed by atoms with van der Waals surface area (Å²) in [5.74, 6) is 0. The minimum Gasteiger partial charge on any atom is -0.456 e. The van der Waals surface area contributed by atoms with E-state index in [0.29, 0.717) is 0 Å². The van der Waals surface area contributed by atoms with Gasteiger partial charge in [-0.15, -0.1) is 0 Å². The van der Waals surface area contributed by atoms with Crippen molar-refractivity contribution in [3.05, 3.63) is 237 Å². The summed E-state index contributed by atoms with van der Waals surface area (Å²) in [5, 5.41) is 9.86. The zero-order valence-corrected chi connectivity index (χ0v) is 33.9. The Balaban J connectivity index is 0.921. The van der Waals surface area contributed by atoms with Gasteiger partial charge in [0.05, 0.1) is 0 Å². The molecule has 0 radical (unpaired) electrons. The summed E-state index contributed by atoms with van der Waals surface area (Å²) in [7, 11) is 0. The van der Waals surface area contributed by atoms with Crippen LogP contribution in [0.3, 0.4) is 0 Å². The van der Waals surface area contributed by atoms with Gasteiger partial charge in [0.2, 0.25) is 0 Å². The molecule has 0 aliphatic heterocycles. The number of rotatable bonds is 7. The van der Waals surface area contributed by atoms with Gasteiger partial charge in [-0.2, -0.15) is 0 Å². The van der Waals surface area contributed by atoms with Gasteiger partial charge in [0.1, 0.15) is 11.2 Å². The van der Waals surface area contributed by atoms with Crippen LogP contribution >= 0.6 is 0 Å². The monoisotopic (exact) mass is 789 g/mol. The van der Waals surface area contributed by atoms with Crippen LogP contribution in [0.25, 0.3) is 98.8 Å². The molecule has 0 amide bonds. The largest absolute Gasteiger partial charge is 0.456 e. The molecule has 0 aliphatic carbocycles. The van der Waals surface area contributed by atoms with Gasteiger partial charge < -0.3 is 9.32 Å². The van der Waals surface area contributed by atoms with Crippen molar-refractivity contribution < 1.29 is 4.42 Å². The van der Waals surface area contributed by atoms with Gasteiger partial charge in [-0.05, 0) is 137 Å². The van der Waals surface area contributed by atoms with Crippen LogP contribution in [0.15, 0.2) is 241 Å². The molecule has 0 bridgehead atoms. The maximum absolute atomic E-state index is 6.25. The highest BCUT2D eigenvalue weighted by atomic mass is 16.3. The molecule has 0 unspecified atom stereocenters. The molecule has 0 fully saturated rings. The molecule has 1 heterocycles. The van der Waals surface area contributed by atoms with E-state index in [0.717, 1.165) is 50.1 Å². The predicted molar refractivity (Wildman–Crippen MR) is 263 cm³/mol. The zero-order chi connectivity index (χ0) is 41.0. The van der Waals surface area contributed by atoms with E-state index in [1.165, 1.54) is 65.7 Å². The average Bonchev–Trinajstić information content (AvgIpc) is 3.74. The molecule has 2 heteroatoms. The Hall–Kier alpha value is -8.20. The SMILES string of the molecule is c1cc(-c2ccc(N(c3ccc(-c4ccc5c(ccc6ccccc65)c4)cc3)c3ccc(-c4cccc5oc6ccccc6c45)cc3)cc2)cc(-c2cccc3ccccc23)c1. The standard InChI is InChI=1S/C60H39NO/c1-3-15-52-42(10-1)12-8-18-54(52)47-14-7-13-45(38-47)40-24-31-49(32-25-40)61(51-35-28-44(29-36-51)56-19-9-21-59-60(56)57-17-5-6-20-58(57)62-59)50-33-26-41(27-34-50)46-30-37-55-48(39-46)23-22-43-11-2-4-16-53(43)55/h1-39H. The first-order chi connectivity index (χ1) is 30.7. The molecule has 0 aliphatic rings. The number of furan rings is 1. The van der Waals surface area contributed by atoms with Gasteiger partial charge in [0.15, 0.2) is 0 Å². The van der Waals surface area contributed by atoms with Crippen LogP contribution in [0.5, 0.6) is 0 Å². The molecule has 290 valence electrons. The van der Waals surface area contributed by atoms with Crippen molar-refractivity contribution in [3.63, 3.8) is 0 Å². The molecule has 1 aromatic heterocycles. The highest BCUT2D eigenvalue weighted by Gasteiger charge is 2.17. The van der Waals surface area contributed by atoms with E-state index < -0.39 is 0 Å². The van der Waals surface area contributed by atoms with E-state index >= 15 is 0 Å². The second-order valence-electron chi connectivity index (χ2n) is 16.1. The van der Waals surface area contributed by atoms with Crippen LogP contribution in [0.1, 0.15) is 0 Å². The van der Waals surface area contributed by atoms with Gasteiger partial charge in [-0.3, -0.25) is 0 Å². The molecule has 12 aromatic rings. The topological polar surface area (TPSA) is 16.4 Å². The second-order valence-corrected chi connectivity index (χ2v) is 16.1. The number of hydrogen-bond donors (Lipinski definition) is 0. The maximum atomic E-state index is 6.25. The predicted octanol–water partition coefficient (Wildman–Crippen LogP) is 17.2. The lowest BCUT2D eigenvalue weighted by atomic mass is 9.95. The van der Waals surface area contributed by atoms with Crippen molar-refractivity contribution in [2.45, 2.75) is 0 Å². The minimum atomic E-state index is 0.900. The molecule has 62 heavy (non-hydrogen) atoms. The Kier molecular flexibility index (Phi) is 8.53. The number of fused-ring (bicyclic) bond motifs is 7. The fraction of sp³-hybridized carbons (Fsp3) is 0. The van der Waals surface area contributed by atoms with Gasteiger partial charge in [-0.25, -0.2) is 0 Å². The molecule has 12 rings (SSSR count). The quantitative estimate of drug-likeness (QED) is 0.150. The lowest BCUT2D eigenvalue weighted by Crippen LogP contribution is -2.09. The van der Waals surface area contributed by atoms with E-state index in [1.807, 2.05) is 12.1 Å². The Morgan fingerprint density at radius 1 is 0.258 bits per heavy atom. The molecular formula is C60H39NO. The second kappa shape index (κ2) is 14.8.